The molecule has 0 fully saturated rings. The van der Waals surface area contributed by atoms with E-state index >= 15 is 0 Å². The van der Waals surface area contributed by atoms with Crippen LogP contribution in [-0.2, 0) is 0 Å². The normalized spacial score (nSPS) is 13.0. The van der Waals surface area contributed by atoms with Gasteiger partial charge in [-0.1, -0.05) is 5.16 Å². The quantitative estimate of drug-likeness (QED) is 0.664. The van der Waals surface area contributed by atoms with E-state index in [0.29, 0.717) is 0 Å². The van der Waals surface area contributed by atoms with Crippen LogP contribution in [0.4, 0.5) is 0 Å². The van der Waals surface area contributed by atoms with Gasteiger partial charge in [0.1, 0.15) is 0 Å². The summed E-state index contributed by atoms with van der Waals surface area (Å²) >= 11 is 0. The average Bonchev–Trinajstić information content (AvgIpc) is 2.32. The lowest BCUT2D eigenvalue weighted by molar-refractivity contribution is 0.0931. The number of nitrogens with two attached hydrogens (primary N) is 1. The second-order valence-electron chi connectivity index (χ2n) is 2.88. The number of hydrogen-bond donors (Lipinski definition) is 1. The first-order valence-corrected chi connectivity index (χ1v) is 3.76. The van der Waals surface area contributed by atoms with Gasteiger partial charge in [-0.3, -0.25) is 4.79 Å². The van der Waals surface area contributed by atoms with Crippen molar-refractivity contribution in [2.75, 3.05) is 0 Å². The van der Waals surface area contributed by atoms with Gasteiger partial charge in [0.25, 0.3) is 0 Å². The Morgan fingerprint density at radius 1 is 1.58 bits per heavy atom. The molecule has 1 heterocycles. The predicted octanol–water partition coefficient (Wildman–Crippen LogP) is 0.821. The van der Waals surface area contributed by atoms with Crippen molar-refractivity contribution in [1.29, 1.82) is 0 Å². The van der Waals surface area contributed by atoms with Crippen molar-refractivity contribution in [2.24, 2.45) is 5.73 Å². The number of aryl methyl sites for hydroxylation is 1. The maximum Gasteiger partial charge on any atom is 0.217 e. The van der Waals surface area contributed by atoms with Crippen LogP contribution in [0.25, 0.3) is 0 Å². The minimum atomic E-state index is -0.531. The second kappa shape index (κ2) is 3.06. The molecule has 0 saturated carbocycles. The SMILES string of the molecule is Cc1noc(C(=O)C(C)N)c1C. The molecule has 1 aromatic heterocycles. The van der Waals surface area contributed by atoms with E-state index in [1.165, 1.54) is 0 Å². The highest BCUT2D eigenvalue weighted by molar-refractivity contribution is 5.98. The van der Waals surface area contributed by atoms with Gasteiger partial charge in [-0.25, -0.2) is 0 Å². The van der Waals surface area contributed by atoms with E-state index in [1.54, 1.807) is 20.8 Å². The maximum atomic E-state index is 11.3. The fraction of sp³-hybridized carbons (Fsp3) is 0.500. The third kappa shape index (κ3) is 1.38. The van der Waals surface area contributed by atoms with Crippen molar-refractivity contribution < 1.29 is 9.32 Å². The molecular formula is C8H12N2O2. The molecule has 4 heteroatoms. The molecule has 0 aromatic carbocycles. The number of rotatable bonds is 2. The number of carbonyl (C=O) groups excluding carboxylic acids is 1. The largest absolute Gasteiger partial charge is 0.353 e. The second-order valence-corrected chi connectivity index (χ2v) is 2.88. The van der Waals surface area contributed by atoms with Gasteiger partial charge in [-0.05, 0) is 20.8 Å². The topological polar surface area (TPSA) is 69.1 Å². The van der Waals surface area contributed by atoms with Crippen LogP contribution in [0.1, 0.15) is 28.7 Å². The van der Waals surface area contributed by atoms with Crippen molar-refractivity contribution in [3.63, 3.8) is 0 Å². The number of ketones is 1. The molecule has 0 spiro atoms. The molecule has 0 bridgehead atoms. The molecule has 2 N–H and O–H groups in total. The minimum absolute atomic E-state index is 0.201. The van der Waals surface area contributed by atoms with Gasteiger partial charge in [-0.15, -0.1) is 0 Å². The van der Waals surface area contributed by atoms with Crippen molar-refractivity contribution in [3.8, 4) is 0 Å². The Labute approximate surface area is 70.7 Å². The van der Waals surface area contributed by atoms with E-state index in [2.05, 4.69) is 5.16 Å². The summed E-state index contributed by atoms with van der Waals surface area (Å²) in [6, 6.07) is -0.531. The van der Waals surface area contributed by atoms with Gasteiger partial charge in [-0.2, -0.15) is 0 Å². The Morgan fingerprint density at radius 3 is 2.50 bits per heavy atom. The molecule has 1 aromatic rings. The van der Waals surface area contributed by atoms with E-state index in [9.17, 15) is 4.79 Å². The van der Waals surface area contributed by atoms with Crippen LogP contribution in [0.5, 0.6) is 0 Å². The lowest BCUT2D eigenvalue weighted by Gasteiger charge is -1.99. The van der Waals surface area contributed by atoms with E-state index in [0.717, 1.165) is 11.3 Å². The summed E-state index contributed by atoms with van der Waals surface area (Å²) < 4.78 is 4.84. The van der Waals surface area contributed by atoms with Gasteiger partial charge in [0, 0.05) is 5.56 Å². The molecule has 1 atom stereocenters. The number of carbonyl (C=O) groups is 1. The molecule has 0 aliphatic heterocycles. The van der Waals surface area contributed by atoms with E-state index in [1.807, 2.05) is 0 Å². The highest BCUT2D eigenvalue weighted by Crippen LogP contribution is 2.12. The van der Waals surface area contributed by atoms with Crippen molar-refractivity contribution in [3.05, 3.63) is 17.0 Å². The third-order valence-electron chi connectivity index (χ3n) is 1.79. The molecule has 12 heavy (non-hydrogen) atoms. The monoisotopic (exact) mass is 168 g/mol. The zero-order valence-corrected chi connectivity index (χ0v) is 7.42. The van der Waals surface area contributed by atoms with Gasteiger partial charge >= 0.3 is 0 Å². The summed E-state index contributed by atoms with van der Waals surface area (Å²) in [4.78, 5) is 11.3. The summed E-state index contributed by atoms with van der Waals surface area (Å²) in [5.74, 6) is 0.0793. The molecule has 1 rings (SSSR count). The first kappa shape index (κ1) is 8.93. The highest BCUT2D eigenvalue weighted by atomic mass is 16.5. The predicted molar refractivity (Wildman–Crippen MR) is 44.0 cm³/mol. The molecule has 66 valence electrons. The van der Waals surface area contributed by atoms with Gasteiger partial charge < -0.3 is 10.3 Å². The van der Waals surface area contributed by atoms with Crippen molar-refractivity contribution in [2.45, 2.75) is 26.8 Å². The van der Waals surface area contributed by atoms with Crippen LogP contribution in [0, 0.1) is 13.8 Å². The lowest BCUT2D eigenvalue weighted by atomic mass is 10.1. The maximum absolute atomic E-state index is 11.3. The molecule has 0 aliphatic rings. The summed E-state index contributed by atoms with van der Waals surface area (Å²) in [6.45, 7) is 5.21. The molecule has 1 unspecified atom stereocenters. The Hall–Kier alpha value is -1.16. The standard InChI is InChI=1S/C8H12N2O2/c1-4-6(3)10-12-8(4)7(11)5(2)9/h5H,9H2,1-3H3. The molecule has 4 nitrogen and oxygen atoms in total. The minimum Gasteiger partial charge on any atom is -0.353 e. The van der Waals surface area contributed by atoms with Crippen LogP contribution in [0.2, 0.25) is 0 Å². The Morgan fingerprint density at radius 2 is 2.17 bits per heavy atom. The zero-order valence-electron chi connectivity index (χ0n) is 7.42. The fourth-order valence-electron chi connectivity index (χ4n) is 0.852. The van der Waals surface area contributed by atoms with Crippen LogP contribution in [0.15, 0.2) is 4.52 Å². The molecule has 0 saturated heterocycles. The number of hydrogen-bond acceptors (Lipinski definition) is 4. The lowest BCUT2D eigenvalue weighted by Crippen LogP contribution is -2.26. The van der Waals surface area contributed by atoms with Crippen LogP contribution < -0.4 is 5.73 Å². The Balaban J connectivity index is 3.04. The summed E-state index contributed by atoms with van der Waals surface area (Å²) in [6.07, 6.45) is 0. The molecular weight excluding hydrogens is 156 g/mol. The van der Waals surface area contributed by atoms with Crippen LogP contribution >= 0.6 is 0 Å². The van der Waals surface area contributed by atoms with E-state index < -0.39 is 6.04 Å². The fourth-order valence-corrected chi connectivity index (χ4v) is 0.852. The highest BCUT2D eigenvalue weighted by Gasteiger charge is 2.19. The summed E-state index contributed by atoms with van der Waals surface area (Å²) in [5.41, 5.74) is 6.92. The molecule has 0 radical (unpaired) electrons. The van der Waals surface area contributed by atoms with Crippen molar-refractivity contribution >= 4 is 5.78 Å². The van der Waals surface area contributed by atoms with Gasteiger partial charge in [0.05, 0.1) is 11.7 Å². The number of Topliss-reactive ketones (excluding diaryl/α,β-unsaturated/α-hetero) is 1. The first-order valence-electron chi connectivity index (χ1n) is 3.76. The number of aromatic nitrogens is 1. The van der Waals surface area contributed by atoms with Gasteiger partial charge in [0.15, 0.2) is 0 Å². The van der Waals surface area contributed by atoms with E-state index in [4.69, 9.17) is 10.3 Å². The third-order valence-corrected chi connectivity index (χ3v) is 1.79. The Kier molecular flexibility index (Phi) is 2.28. The molecule has 0 aliphatic carbocycles. The van der Waals surface area contributed by atoms with Gasteiger partial charge in [0.2, 0.25) is 11.5 Å². The number of nitrogens with zero attached hydrogens (tertiary/aromatic N) is 1. The van der Waals surface area contributed by atoms with Crippen molar-refractivity contribution in [1.82, 2.24) is 5.16 Å². The van der Waals surface area contributed by atoms with E-state index in [-0.39, 0.29) is 11.5 Å². The first-order chi connectivity index (χ1) is 5.54. The van der Waals surface area contributed by atoms with Crippen LogP contribution in [0.3, 0.4) is 0 Å². The molecule has 0 amide bonds. The smallest absolute Gasteiger partial charge is 0.217 e. The van der Waals surface area contributed by atoms with Crippen LogP contribution in [-0.4, -0.2) is 17.0 Å². The summed E-state index contributed by atoms with van der Waals surface area (Å²) in [5, 5.41) is 3.67. The Bertz CT molecular complexity index is 302. The zero-order chi connectivity index (χ0) is 9.30. The average molecular weight is 168 g/mol. The summed E-state index contributed by atoms with van der Waals surface area (Å²) in [7, 11) is 0.